The number of benzene rings is 3. The van der Waals surface area contributed by atoms with Crippen LogP contribution < -0.4 is 9.47 Å². The summed E-state index contributed by atoms with van der Waals surface area (Å²) in [5, 5.41) is 11.6. The number of hydrogen-bond donors (Lipinski definition) is 1. The molecule has 0 saturated carbocycles. The lowest BCUT2D eigenvalue weighted by molar-refractivity contribution is -0.137. The van der Waals surface area contributed by atoms with Gasteiger partial charge in [0.15, 0.2) is 0 Å². The number of carbonyl (C=O) groups excluding carboxylic acids is 1. The molecule has 0 aliphatic heterocycles. The first-order valence-corrected chi connectivity index (χ1v) is 11.5. The lowest BCUT2D eigenvalue weighted by atomic mass is 9.94. The van der Waals surface area contributed by atoms with Crippen molar-refractivity contribution in [1.29, 1.82) is 0 Å². The van der Waals surface area contributed by atoms with E-state index in [4.69, 9.17) is 32.7 Å². The number of halogens is 3. The largest absolute Gasteiger partial charge is 0.495 e. The number of likely N-dealkylation sites (N-methyl/N-ethyl adjacent to an activating group) is 1. The van der Waals surface area contributed by atoms with Crippen LogP contribution in [0.3, 0.4) is 0 Å². The van der Waals surface area contributed by atoms with Gasteiger partial charge in [0.1, 0.15) is 16.0 Å². The zero-order valence-corrected chi connectivity index (χ0v) is 21.3. The molecule has 0 fully saturated rings. The van der Waals surface area contributed by atoms with Crippen LogP contribution in [0.15, 0.2) is 46.9 Å². The van der Waals surface area contributed by atoms with Crippen molar-refractivity contribution < 1.29 is 24.2 Å². The number of carboxylic acids is 1. The maximum Gasteiger partial charge on any atom is 0.304 e. The number of nitrogens with zero attached hydrogens (tertiary/aromatic N) is 1. The summed E-state index contributed by atoms with van der Waals surface area (Å²) in [7, 11) is 4.66. The zero-order valence-electron chi connectivity index (χ0n) is 18.2. The highest BCUT2D eigenvalue weighted by Crippen LogP contribution is 2.44. The number of carboxylic acid groups (broad SMARTS) is 1. The standard InChI is InChI=1S/C24H22BrCl2NO5/c1-28(12-14(11-19(29)30)13-8-9-17(26)18(27)10-13)24(31)20-15-6-4-5-7-16(15)22(32-2)21(25)23(20)33-3/h4-10,14H,11-12H2,1-3H3,(H,29,30). The van der Waals surface area contributed by atoms with Crippen molar-refractivity contribution >= 4 is 61.8 Å². The number of aliphatic carboxylic acids is 1. The highest BCUT2D eigenvalue weighted by Gasteiger charge is 2.28. The molecular formula is C24H22BrCl2NO5. The predicted octanol–water partition coefficient (Wildman–Crippen LogP) is 6.26. The Labute approximate surface area is 210 Å². The molecule has 33 heavy (non-hydrogen) atoms. The monoisotopic (exact) mass is 553 g/mol. The number of ether oxygens (including phenoxy) is 2. The molecular weight excluding hydrogens is 533 g/mol. The van der Waals surface area contributed by atoms with Gasteiger partial charge in [-0.25, -0.2) is 0 Å². The summed E-state index contributed by atoms with van der Waals surface area (Å²) in [5.74, 6) is -0.901. The van der Waals surface area contributed by atoms with E-state index in [1.165, 1.54) is 12.0 Å². The molecule has 0 radical (unpaired) electrons. The maximum atomic E-state index is 13.7. The molecule has 0 bridgehead atoms. The summed E-state index contributed by atoms with van der Waals surface area (Å²) < 4.78 is 11.6. The average Bonchev–Trinajstić information content (AvgIpc) is 2.78. The van der Waals surface area contributed by atoms with Crippen LogP contribution in [0.2, 0.25) is 10.0 Å². The van der Waals surface area contributed by atoms with Crippen molar-refractivity contribution in [3.63, 3.8) is 0 Å². The van der Waals surface area contributed by atoms with Gasteiger partial charge in [0.25, 0.3) is 5.91 Å². The summed E-state index contributed by atoms with van der Waals surface area (Å²) in [4.78, 5) is 26.7. The van der Waals surface area contributed by atoms with Crippen LogP contribution >= 0.6 is 39.1 Å². The van der Waals surface area contributed by atoms with Crippen LogP contribution in [0.1, 0.15) is 28.3 Å². The van der Waals surface area contributed by atoms with Gasteiger partial charge in [-0.1, -0.05) is 53.5 Å². The van der Waals surface area contributed by atoms with Gasteiger partial charge in [-0.15, -0.1) is 0 Å². The van der Waals surface area contributed by atoms with Gasteiger partial charge in [-0.3, -0.25) is 9.59 Å². The van der Waals surface area contributed by atoms with Crippen molar-refractivity contribution in [3.8, 4) is 11.5 Å². The second-order valence-electron chi connectivity index (χ2n) is 7.46. The average molecular weight is 555 g/mol. The summed E-state index contributed by atoms with van der Waals surface area (Å²) >= 11 is 15.7. The highest BCUT2D eigenvalue weighted by molar-refractivity contribution is 9.10. The molecule has 3 rings (SSSR count). The first kappa shape index (κ1) is 25.1. The predicted molar refractivity (Wildman–Crippen MR) is 133 cm³/mol. The molecule has 1 N–H and O–H groups in total. The van der Waals surface area contributed by atoms with E-state index in [-0.39, 0.29) is 18.9 Å². The van der Waals surface area contributed by atoms with Crippen molar-refractivity contribution in [2.75, 3.05) is 27.8 Å². The summed E-state index contributed by atoms with van der Waals surface area (Å²) in [6.07, 6.45) is -0.181. The molecule has 174 valence electrons. The summed E-state index contributed by atoms with van der Waals surface area (Å²) in [6, 6.07) is 12.3. The van der Waals surface area contributed by atoms with E-state index >= 15 is 0 Å². The van der Waals surface area contributed by atoms with E-state index in [1.54, 1.807) is 32.4 Å². The quantitative estimate of drug-likeness (QED) is 0.356. The molecule has 1 atom stereocenters. The first-order chi connectivity index (χ1) is 15.7. The van der Waals surface area contributed by atoms with E-state index in [1.807, 2.05) is 24.3 Å². The minimum Gasteiger partial charge on any atom is -0.495 e. The SMILES string of the molecule is COc1c(Br)c(OC)c2ccccc2c1C(=O)N(C)CC(CC(=O)O)c1ccc(Cl)c(Cl)c1. The lowest BCUT2D eigenvalue weighted by Gasteiger charge is -2.26. The molecule has 0 aromatic heterocycles. The Morgan fingerprint density at radius 3 is 2.24 bits per heavy atom. The van der Waals surface area contributed by atoms with Crippen molar-refractivity contribution in [2.45, 2.75) is 12.3 Å². The van der Waals surface area contributed by atoms with Crippen LogP contribution in [0.25, 0.3) is 10.8 Å². The Balaban J connectivity index is 2.05. The van der Waals surface area contributed by atoms with E-state index in [9.17, 15) is 14.7 Å². The third-order valence-corrected chi connectivity index (χ3v) is 6.83. The lowest BCUT2D eigenvalue weighted by Crippen LogP contribution is -2.32. The second kappa shape index (κ2) is 10.6. The first-order valence-electron chi connectivity index (χ1n) is 9.93. The van der Waals surface area contributed by atoms with Crippen LogP contribution in [-0.2, 0) is 4.79 Å². The Bertz CT molecular complexity index is 1220. The van der Waals surface area contributed by atoms with Crippen molar-refractivity contribution in [1.82, 2.24) is 4.90 Å². The van der Waals surface area contributed by atoms with E-state index in [0.717, 1.165) is 5.39 Å². The van der Waals surface area contributed by atoms with Gasteiger partial charge in [0.2, 0.25) is 0 Å². The fraction of sp³-hybridized carbons (Fsp3) is 0.250. The normalized spacial score (nSPS) is 11.8. The molecule has 1 amide bonds. The topological polar surface area (TPSA) is 76.1 Å². The number of hydrogen-bond acceptors (Lipinski definition) is 4. The van der Waals surface area contributed by atoms with Gasteiger partial charge in [-0.2, -0.15) is 0 Å². The van der Waals surface area contributed by atoms with E-state index < -0.39 is 11.9 Å². The molecule has 0 heterocycles. The highest BCUT2D eigenvalue weighted by atomic mass is 79.9. The Morgan fingerprint density at radius 1 is 1.03 bits per heavy atom. The minimum absolute atomic E-state index is 0.143. The van der Waals surface area contributed by atoms with E-state index in [2.05, 4.69) is 15.9 Å². The van der Waals surface area contributed by atoms with Crippen LogP contribution in [0, 0.1) is 0 Å². The summed E-state index contributed by atoms with van der Waals surface area (Å²) in [5.41, 5.74) is 1.03. The van der Waals surface area contributed by atoms with Gasteiger partial charge < -0.3 is 19.5 Å². The fourth-order valence-electron chi connectivity index (χ4n) is 3.83. The molecule has 6 nitrogen and oxygen atoms in total. The van der Waals surface area contributed by atoms with Gasteiger partial charge in [0, 0.05) is 30.3 Å². The smallest absolute Gasteiger partial charge is 0.304 e. The van der Waals surface area contributed by atoms with Gasteiger partial charge >= 0.3 is 5.97 Å². The Hall–Kier alpha value is -2.48. The molecule has 0 saturated heterocycles. The fourth-order valence-corrected chi connectivity index (χ4v) is 4.87. The number of amides is 1. The maximum absolute atomic E-state index is 13.7. The van der Waals surface area contributed by atoms with Crippen molar-refractivity contribution in [3.05, 3.63) is 68.1 Å². The van der Waals surface area contributed by atoms with Crippen LogP contribution in [-0.4, -0.2) is 49.7 Å². The molecule has 9 heteroatoms. The van der Waals surface area contributed by atoms with Gasteiger partial charge in [0.05, 0.1) is 36.2 Å². The number of methoxy groups -OCH3 is 2. The Kier molecular flexibility index (Phi) is 8.10. The third kappa shape index (κ3) is 5.21. The number of rotatable bonds is 8. The molecule has 3 aromatic rings. The molecule has 3 aromatic carbocycles. The van der Waals surface area contributed by atoms with E-state index in [0.29, 0.717) is 42.5 Å². The van der Waals surface area contributed by atoms with Gasteiger partial charge in [-0.05, 0) is 33.6 Å². The number of carbonyl (C=O) groups is 2. The molecule has 1 unspecified atom stereocenters. The van der Waals surface area contributed by atoms with Crippen LogP contribution in [0.5, 0.6) is 11.5 Å². The minimum atomic E-state index is -0.984. The molecule has 0 aliphatic rings. The number of fused-ring (bicyclic) bond motifs is 1. The van der Waals surface area contributed by atoms with Crippen molar-refractivity contribution in [2.24, 2.45) is 0 Å². The second-order valence-corrected chi connectivity index (χ2v) is 9.06. The molecule has 0 aliphatic carbocycles. The summed E-state index contributed by atoms with van der Waals surface area (Å²) in [6.45, 7) is 0.143. The van der Waals surface area contributed by atoms with Crippen LogP contribution in [0.4, 0.5) is 0 Å². The molecule has 0 spiro atoms. The zero-order chi connectivity index (χ0) is 24.3. The third-order valence-electron chi connectivity index (χ3n) is 5.37. The Morgan fingerprint density at radius 2 is 1.67 bits per heavy atom.